The molecular weight excluding hydrogens is 276 g/mol. The lowest BCUT2D eigenvalue weighted by Crippen LogP contribution is -2.42. The molecule has 20 heavy (non-hydrogen) atoms. The summed E-state index contributed by atoms with van der Waals surface area (Å²) in [7, 11) is 0. The highest BCUT2D eigenvalue weighted by molar-refractivity contribution is 7.09. The van der Waals surface area contributed by atoms with Crippen molar-refractivity contribution in [1.82, 2.24) is 14.7 Å². The minimum atomic E-state index is 0.0713. The maximum atomic E-state index is 12.3. The Balaban J connectivity index is 1.52. The molecule has 0 spiro atoms. The Morgan fingerprint density at radius 1 is 1.40 bits per heavy atom. The van der Waals surface area contributed by atoms with Gasteiger partial charge in [0.25, 0.3) is 0 Å². The van der Waals surface area contributed by atoms with Crippen LogP contribution in [0.4, 0.5) is 5.13 Å². The molecule has 2 aliphatic rings. The zero-order chi connectivity index (χ0) is 13.9. The number of carbonyl (C=O) groups is 1. The Morgan fingerprint density at radius 3 is 2.90 bits per heavy atom. The average Bonchev–Trinajstić information content (AvgIpc) is 3.08. The van der Waals surface area contributed by atoms with Crippen LogP contribution in [0.1, 0.15) is 25.1 Å². The SMILES string of the molecule is Cc1nsc(N2CCC(C(=O)NC3CCOCC3)C2)n1. The van der Waals surface area contributed by atoms with Crippen LogP contribution in [0, 0.1) is 12.8 Å². The Hall–Kier alpha value is -1.21. The van der Waals surface area contributed by atoms with E-state index in [-0.39, 0.29) is 17.9 Å². The number of carbonyl (C=O) groups excluding carboxylic acids is 1. The van der Waals surface area contributed by atoms with Crippen LogP contribution >= 0.6 is 11.5 Å². The summed E-state index contributed by atoms with van der Waals surface area (Å²) in [6, 6.07) is 0.286. The largest absolute Gasteiger partial charge is 0.381 e. The van der Waals surface area contributed by atoms with E-state index in [1.165, 1.54) is 11.5 Å². The molecule has 0 aromatic carbocycles. The first-order valence-electron chi connectivity index (χ1n) is 7.16. The van der Waals surface area contributed by atoms with Crippen LogP contribution in [0.2, 0.25) is 0 Å². The fourth-order valence-electron chi connectivity index (χ4n) is 2.72. The van der Waals surface area contributed by atoms with Gasteiger partial charge in [0.05, 0.1) is 5.92 Å². The molecule has 1 aromatic rings. The van der Waals surface area contributed by atoms with E-state index >= 15 is 0 Å². The topological polar surface area (TPSA) is 67.4 Å². The van der Waals surface area contributed by atoms with Crippen molar-refractivity contribution in [3.63, 3.8) is 0 Å². The lowest BCUT2D eigenvalue weighted by Gasteiger charge is -2.24. The third kappa shape index (κ3) is 3.09. The molecule has 3 rings (SSSR count). The number of nitrogens with one attached hydrogen (secondary N) is 1. The Kier molecular flexibility index (Phi) is 4.16. The highest BCUT2D eigenvalue weighted by atomic mass is 32.1. The van der Waals surface area contributed by atoms with Gasteiger partial charge in [0.15, 0.2) is 0 Å². The van der Waals surface area contributed by atoms with E-state index in [0.717, 1.165) is 56.5 Å². The molecule has 1 N–H and O–H groups in total. The van der Waals surface area contributed by atoms with E-state index in [1.54, 1.807) is 0 Å². The van der Waals surface area contributed by atoms with Gasteiger partial charge < -0.3 is 15.0 Å². The number of nitrogens with zero attached hydrogens (tertiary/aromatic N) is 3. The Labute approximate surface area is 122 Å². The molecule has 1 atom stereocenters. The first-order chi connectivity index (χ1) is 9.72. The van der Waals surface area contributed by atoms with Crippen molar-refractivity contribution >= 4 is 22.6 Å². The lowest BCUT2D eigenvalue weighted by atomic mass is 10.1. The second kappa shape index (κ2) is 6.05. The monoisotopic (exact) mass is 296 g/mol. The van der Waals surface area contributed by atoms with Crippen LogP contribution in [-0.4, -0.2) is 47.6 Å². The van der Waals surface area contributed by atoms with Gasteiger partial charge in [-0.15, -0.1) is 0 Å². The third-order valence-electron chi connectivity index (χ3n) is 3.91. The molecule has 2 fully saturated rings. The van der Waals surface area contributed by atoms with Crippen LogP contribution in [-0.2, 0) is 9.53 Å². The summed E-state index contributed by atoms with van der Waals surface area (Å²) in [5, 5.41) is 4.09. The third-order valence-corrected chi connectivity index (χ3v) is 4.78. The average molecular weight is 296 g/mol. The van der Waals surface area contributed by atoms with Crippen LogP contribution in [0.3, 0.4) is 0 Å². The lowest BCUT2D eigenvalue weighted by molar-refractivity contribution is -0.125. The number of aromatic nitrogens is 2. The van der Waals surface area contributed by atoms with Gasteiger partial charge in [-0.3, -0.25) is 4.79 Å². The van der Waals surface area contributed by atoms with Gasteiger partial charge in [0, 0.05) is 43.9 Å². The van der Waals surface area contributed by atoms with Crippen molar-refractivity contribution in [3.05, 3.63) is 5.82 Å². The van der Waals surface area contributed by atoms with E-state index < -0.39 is 0 Å². The first-order valence-corrected chi connectivity index (χ1v) is 7.93. The fraction of sp³-hybridized carbons (Fsp3) is 0.769. The summed E-state index contributed by atoms with van der Waals surface area (Å²) < 4.78 is 9.51. The molecule has 0 bridgehead atoms. The molecule has 0 radical (unpaired) electrons. The summed E-state index contributed by atoms with van der Waals surface area (Å²) in [6.45, 7) is 5.05. The molecule has 3 heterocycles. The number of anilines is 1. The highest BCUT2D eigenvalue weighted by Crippen LogP contribution is 2.25. The minimum absolute atomic E-state index is 0.0713. The van der Waals surface area contributed by atoms with E-state index in [9.17, 15) is 4.79 Å². The summed E-state index contributed by atoms with van der Waals surface area (Å²) in [5.74, 6) is 1.06. The summed E-state index contributed by atoms with van der Waals surface area (Å²) in [6.07, 6.45) is 2.75. The van der Waals surface area contributed by atoms with Crippen molar-refractivity contribution in [2.75, 3.05) is 31.2 Å². The first kappa shape index (κ1) is 13.8. The van der Waals surface area contributed by atoms with Gasteiger partial charge in [0.1, 0.15) is 5.82 Å². The molecule has 1 unspecified atom stereocenters. The maximum Gasteiger partial charge on any atom is 0.225 e. The molecule has 7 heteroatoms. The smallest absolute Gasteiger partial charge is 0.225 e. The van der Waals surface area contributed by atoms with Crippen LogP contribution in [0.5, 0.6) is 0 Å². The maximum absolute atomic E-state index is 12.3. The second-order valence-electron chi connectivity index (χ2n) is 5.45. The molecule has 0 aliphatic carbocycles. The normalized spacial score (nSPS) is 24.1. The molecule has 2 aliphatic heterocycles. The van der Waals surface area contributed by atoms with Crippen molar-refractivity contribution in [2.24, 2.45) is 5.92 Å². The number of amides is 1. The summed E-state index contributed by atoms with van der Waals surface area (Å²) >= 11 is 1.41. The zero-order valence-corrected chi connectivity index (χ0v) is 12.5. The summed E-state index contributed by atoms with van der Waals surface area (Å²) in [4.78, 5) is 18.8. The zero-order valence-electron chi connectivity index (χ0n) is 11.7. The van der Waals surface area contributed by atoms with Gasteiger partial charge in [-0.2, -0.15) is 4.37 Å². The molecule has 0 saturated carbocycles. The minimum Gasteiger partial charge on any atom is -0.381 e. The van der Waals surface area contributed by atoms with E-state index in [4.69, 9.17) is 4.74 Å². The number of rotatable bonds is 3. The molecule has 2 saturated heterocycles. The Bertz CT molecular complexity index is 473. The van der Waals surface area contributed by atoms with Crippen molar-refractivity contribution in [1.29, 1.82) is 0 Å². The second-order valence-corrected chi connectivity index (χ2v) is 6.18. The van der Waals surface area contributed by atoms with Crippen LogP contribution in [0.15, 0.2) is 0 Å². The Morgan fingerprint density at radius 2 is 2.20 bits per heavy atom. The number of hydrogen-bond acceptors (Lipinski definition) is 6. The predicted molar refractivity (Wildman–Crippen MR) is 76.9 cm³/mol. The number of aryl methyl sites for hydroxylation is 1. The molecular formula is C13H20N4O2S. The van der Waals surface area contributed by atoms with Gasteiger partial charge in [-0.1, -0.05) is 0 Å². The predicted octanol–water partition coefficient (Wildman–Crippen LogP) is 0.968. The van der Waals surface area contributed by atoms with Crippen molar-refractivity contribution < 1.29 is 9.53 Å². The molecule has 1 amide bonds. The molecule has 1 aromatic heterocycles. The van der Waals surface area contributed by atoms with Gasteiger partial charge >= 0.3 is 0 Å². The molecule has 6 nitrogen and oxygen atoms in total. The van der Waals surface area contributed by atoms with E-state index in [1.807, 2.05) is 6.92 Å². The number of hydrogen-bond donors (Lipinski definition) is 1. The van der Waals surface area contributed by atoms with Gasteiger partial charge in [0.2, 0.25) is 11.0 Å². The number of ether oxygens (including phenoxy) is 1. The van der Waals surface area contributed by atoms with Crippen LogP contribution < -0.4 is 10.2 Å². The highest BCUT2D eigenvalue weighted by Gasteiger charge is 2.31. The van der Waals surface area contributed by atoms with E-state index in [2.05, 4.69) is 19.6 Å². The van der Waals surface area contributed by atoms with Crippen molar-refractivity contribution in [2.45, 2.75) is 32.2 Å². The standard InChI is InChI=1S/C13H20N4O2S/c1-9-14-13(20-16-9)17-5-2-10(8-17)12(18)15-11-3-6-19-7-4-11/h10-11H,2-8H2,1H3,(H,15,18). The van der Waals surface area contributed by atoms with Crippen molar-refractivity contribution in [3.8, 4) is 0 Å². The van der Waals surface area contributed by atoms with E-state index in [0.29, 0.717) is 0 Å². The van der Waals surface area contributed by atoms with Gasteiger partial charge in [-0.25, -0.2) is 4.98 Å². The molecule has 110 valence electrons. The van der Waals surface area contributed by atoms with Gasteiger partial charge in [-0.05, 0) is 26.2 Å². The summed E-state index contributed by atoms with van der Waals surface area (Å²) in [5.41, 5.74) is 0. The quantitative estimate of drug-likeness (QED) is 0.900. The fourth-order valence-corrected chi connectivity index (χ4v) is 3.43. The van der Waals surface area contributed by atoms with Crippen LogP contribution in [0.25, 0.3) is 0 Å².